The first-order valence-corrected chi connectivity index (χ1v) is 7.25. The van der Waals surface area contributed by atoms with Gasteiger partial charge in [0.1, 0.15) is 5.02 Å². The van der Waals surface area contributed by atoms with Gasteiger partial charge in [-0.05, 0) is 23.8 Å². The van der Waals surface area contributed by atoms with Gasteiger partial charge in [-0.1, -0.05) is 41.9 Å². The molecule has 0 unspecified atom stereocenters. The predicted octanol–water partition coefficient (Wildman–Crippen LogP) is 3.93. The zero-order valence-electron chi connectivity index (χ0n) is 11.7. The summed E-state index contributed by atoms with van der Waals surface area (Å²) in [5, 5.41) is 10.7. The topological polar surface area (TPSA) is 62.3 Å². The van der Waals surface area contributed by atoms with E-state index in [-0.39, 0.29) is 18.5 Å². The molecule has 0 aliphatic rings. The average Bonchev–Trinajstić information content (AvgIpc) is 2.84. The molecule has 0 bridgehead atoms. The van der Waals surface area contributed by atoms with Gasteiger partial charge in [0, 0.05) is 11.8 Å². The highest BCUT2D eigenvalue weighted by Gasteiger charge is 2.13. The van der Waals surface area contributed by atoms with Crippen molar-refractivity contribution in [2.45, 2.75) is 6.42 Å². The van der Waals surface area contributed by atoms with Crippen molar-refractivity contribution in [3.63, 3.8) is 0 Å². The maximum atomic E-state index is 11.9. The summed E-state index contributed by atoms with van der Waals surface area (Å²) in [5.74, 6) is -0.402. The Labute approximate surface area is 132 Å². The number of hydrogen-bond donors (Lipinski definition) is 2. The van der Waals surface area contributed by atoms with Gasteiger partial charge in [0.15, 0.2) is 0 Å². The number of aromatic amines is 1. The van der Waals surface area contributed by atoms with Crippen LogP contribution in [-0.2, 0) is 11.2 Å². The Morgan fingerprint density at radius 2 is 1.91 bits per heavy atom. The lowest BCUT2D eigenvalue weighted by molar-refractivity contribution is 0.0509. The number of aromatic nitrogens is 1. The summed E-state index contributed by atoms with van der Waals surface area (Å²) < 4.78 is 5.27. The molecule has 0 amide bonds. The Balaban J connectivity index is 1.71. The van der Waals surface area contributed by atoms with Crippen LogP contribution >= 0.6 is 11.6 Å². The van der Waals surface area contributed by atoms with Crippen LogP contribution in [0.4, 0.5) is 0 Å². The van der Waals surface area contributed by atoms with Gasteiger partial charge in [-0.3, -0.25) is 0 Å². The van der Waals surface area contributed by atoms with Crippen molar-refractivity contribution in [3.8, 4) is 5.88 Å². The van der Waals surface area contributed by atoms with Crippen molar-refractivity contribution in [1.82, 2.24) is 4.98 Å². The molecule has 0 saturated heterocycles. The van der Waals surface area contributed by atoms with E-state index in [0.29, 0.717) is 17.0 Å². The van der Waals surface area contributed by atoms with Gasteiger partial charge in [0.2, 0.25) is 5.88 Å². The highest BCUT2D eigenvalue weighted by Crippen LogP contribution is 2.34. The molecule has 0 spiro atoms. The van der Waals surface area contributed by atoms with Gasteiger partial charge in [0.25, 0.3) is 0 Å². The summed E-state index contributed by atoms with van der Waals surface area (Å²) in [6.45, 7) is 0.245. The summed E-state index contributed by atoms with van der Waals surface area (Å²) in [6, 6.07) is 14.5. The highest BCUT2D eigenvalue weighted by atomic mass is 35.5. The van der Waals surface area contributed by atoms with E-state index in [2.05, 4.69) is 4.98 Å². The minimum atomic E-state index is -0.351. The molecule has 0 saturated carbocycles. The Morgan fingerprint density at radius 1 is 1.14 bits per heavy atom. The standard InChI is InChI=1S/C17H14ClNO3/c18-15-14-11(7-4-8-13(14)19-16(15)20)9-10-22-17(21)12-5-2-1-3-6-12/h1-8,19-20H,9-10H2. The Kier molecular flexibility index (Phi) is 4.02. The fourth-order valence-corrected chi connectivity index (χ4v) is 2.65. The Bertz CT molecular complexity index is 811. The quantitative estimate of drug-likeness (QED) is 0.717. The maximum absolute atomic E-state index is 11.9. The maximum Gasteiger partial charge on any atom is 0.338 e. The second-order valence-electron chi connectivity index (χ2n) is 4.88. The summed E-state index contributed by atoms with van der Waals surface area (Å²) in [6.07, 6.45) is 0.521. The van der Waals surface area contributed by atoms with Crippen molar-refractivity contribution in [2.24, 2.45) is 0 Å². The van der Waals surface area contributed by atoms with Crippen LogP contribution in [0.15, 0.2) is 48.5 Å². The molecule has 1 heterocycles. The number of fused-ring (bicyclic) bond motifs is 1. The van der Waals surface area contributed by atoms with E-state index in [4.69, 9.17) is 16.3 Å². The summed E-state index contributed by atoms with van der Waals surface area (Å²) >= 11 is 6.10. The van der Waals surface area contributed by atoms with Crippen LogP contribution in [0.5, 0.6) is 5.88 Å². The van der Waals surface area contributed by atoms with E-state index < -0.39 is 0 Å². The fourth-order valence-electron chi connectivity index (χ4n) is 2.38. The lowest BCUT2D eigenvalue weighted by Gasteiger charge is -2.06. The number of hydrogen-bond acceptors (Lipinski definition) is 3. The zero-order valence-corrected chi connectivity index (χ0v) is 12.4. The number of halogens is 1. The van der Waals surface area contributed by atoms with Crippen LogP contribution in [-0.4, -0.2) is 22.7 Å². The van der Waals surface area contributed by atoms with Crippen LogP contribution in [0.2, 0.25) is 5.02 Å². The van der Waals surface area contributed by atoms with E-state index >= 15 is 0 Å². The first-order chi connectivity index (χ1) is 10.7. The molecule has 5 heteroatoms. The second-order valence-corrected chi connectivity index (χ2v) is 5.26. The summed E-state index contributed by atoms with van der Waals surface area (Å²) in [4.78, 5) is 14.7. The number of carbonyl (C=O) groups excluding carboxylic acids is 1. The smallest absolute Gasteiger partial charge is 0.338 e. The monoisotopic (exact) mass is 315 g/mol. The van der Waals surface area contributed by atoms with Gasteiger partial charge in [-0.25, -0.2) is 4.79 Å². The van der Waals surface area contributed by atoms with Crippen molar-refractivity contribution in [2.75, 3.05) is 6.61 Å². The highest BCUT2D eigenvalue weighted by molar-refractivity contribution is 6.37. The van der Waals surface area contributed by atoms with Crippen LogP contribution < -0.4 is 0 Å². The first kappa shape index (κ1) is 14.5. The number of nitrogens with one attached hydrogen (secondary N) is 1. The molecular weight excluding hydrogens is 302 g/mol. The first-order valence-electron chi connectivity index (χ1n) is 6.87. The molecule has 22 heavy (non-hydrogen) atoms. The lowest BCUT2D eigenvalue weighted by atomic mass is 10.1. The summed E-state index contributed by atoms with van der Waals surface area (Å²) in [7, 11) is 0. The Morgan fingerprint density at radius 3 is 2.68 bits per heavy atom. The van der Waals surface area contributed by atoms with Gasteiger partial charge >= 0.3 is 5.97 Å². The minimum Gasteiger partial charge on any atom is -0.494 e. The number of ether oxygens (including phenoxy) is 1. The summed E-state index contributed by atoms with van der Waals surface area (Å²) in [5.41, 5.74) is 2.20. The van der Waals surface area contributed by atoms with E-state index in [0.717, 1.165) is 16.5 Å². The minimum absolute atomic E-state index is 0.0506. The lowest BCUT2D eigenvalue weighted by Crippen LogP contribution is -2.08. The molecule has 3 aromatic rings. The normalized spacial score (nSPS) is 10.8. The third-order valence-electron chi connectivity index (χ3n) is 3.45. The van der Waals surface area contributed by atoms with E-state index in [1.165, 1.54) is 0 Å². The zero-order chi connectivity index (χ0) is 15.5. The number of carbonyl (C=O) groups is 1. The van der Waals surface area contributed by atoms with Crippen molar-refractivity contribution in [3.05, 3.63) is 64.7 Å². The molecular formula is C17H14ClNO3. The number of aromatic hydroxyl groups is 1. The average molecular weight is 316 g/mol. The van der Waals surface area contributed by atoms with E-state index in [9.17, 15) is 9.90 Å². The molecule has 4 nitrogen and oxygen atoms in total. The number of H-pyrrole nitrogens is 1. The molecule has 0 aliphatic carbocycles. The van der Waals surface area contributed by atoms with Crippen LogP contribution in [0.1, 0.15) is 15.9 Å². The van der Waals surface area contributed by atoms with Crippen molar-refractivity contribution in [1.29, 1.82) is 0 Å². The number of benzene rings is 2. The molecule has 3 rings (SSSR count). The molecule has 0 atom stereocenters. The number of rotatable bonds is 4. The van der Waals surface area contributed by atoms with Gasteiger partial charge in [-0.15, -0.1) is 0 Å². The third kappa shape index (κ3) is 2.78. The predicted molar refractivity (Wildman–Crippen MR) is 85.4 cm³/mol. The van der Waals surface area contributed by atoms with Crippen LogP contribution in [0.3, 0.4) is 0 Å². The fraction of sp³-hybridized carbons (Fsp3) is 0.118. The SMILES string of the molecule is O=C(OCCc1cccc2[nH]c(O)c(Cl)c12)c1ccccc1. The molecule has 2 N–H and O–H groups in total. The molecule has 2 aromatic carbocycles. The molecule has 1 aromatic heterocycles. The van der Waals surface area contributed by atoms with Crippen LogP contribution in [0.25, 0.3) is 10.9 Å². The van der Waals surface area contributed by atoms with Crippen molar-refractivity contribution < 1.29 is 14.6 Å². The third-order valence-corrected chi connectivity index (χ3v) is 3.81. The largest absolute Gasteiger partial charge is 0.494 e. The van der Waals surface area contributed by atoms with E-state index in [1.807, 2.05) is 24.3 Å². The molecule has 0 aliphatic heterocycles. The molecule has 0 fully saturated rings. The number of esters is 1. The van der Waals surface area contributed by atoms with Gasteiger partial charge in [-0.2, -0.15) is 0 Å². The van der Waals surface area contributed by atoms with E-state index in [1.54, 1.807) is 24.3 Å². The van der Waals surface area contributed by atoms with Crippen LogP contribution in [0, 0.1) is 0 Å². The second kappa shape index (κ2) is 6.12. The van der Waals surface area contributed by atoms with Crippen molar-refractivity contribution >= 4 is 28.5 Å². The van der Waals surface area contributed by atoms with Gasteiger partial charge < -0.3 is 14.8 Å². The molecule has 0 radical (unpaired) electrons. The van der Waals surface area contributed by atoms with Gasteiger partial charge in [0.05, 0.1) is 17.7 Å². The molecule has 112 valence electrons. The Hall–Kier alpha value is -2.46.